The first-order valence-electron chi connectivity index (χ1n) is 9.00. The maximum atomic E-state index is 12.3. The Hall–Kier alpha value is -2.18. The highest BCUT2D eigenvalue weighted by Gasteiger charge is 2.20. The van der Waals surface area contributed by atoms with Gasteiger partial charge in [0.25, 0.3) is 0 Å². The molecule has 3 rings (SSSR count). The molecule has 0 aliphatic heterocycles. The van der Waals surface area contributed by atoms with Gasteiger partial charge in [-0.05, 0) is 24.8 Å². The van der Waals surface area contributed by atoms with Crippen molar-refractivity contribution in [2.75, 3.05) is 18.5 Å². The molecule has 1 saturated carbocycles. The molecule has 0 bridgehead atoms. The number of aliphatic hydroxyl groups excluding tert-OH is 1. The molecule has 3 N–H and O–H groups in total. The molecule has 25 heavy (non-hydrogen) atoms. The third-order valence-corrected chi connectivity index (χ3v) is 4.74. The van der Waals surface area contributed by atoms with Gasteiger partial charge >= 0.3 is 0 Å². The van der Waals surface area contributed by atoms with Gasteiger partial charge in [-0.15, -0.1) is 0 Å². The third kappa shape index (κ3) is 4.67. The number of carbonyl (C=O) groups excluding carboxylic acids is 1. The van der Waals surface area contributed by atoms with Crippen molar-refractivity contribution >= 4 is 11.7 Å². The maximum absolute atomic E-state index is 12.3. The first-order valence-corrected chi connectivity index (χ1v) is 9.00. The molecule has 1 amide bonds. The molecule has 1 heterocycles. The molecular weight excluding hydrogens is 316 g/mol. The van der Waals surface area contributed by atoms with Gasteiger partial charge in [0.2, 0.25) is 5.91 Å². The van der Waals surface area contributed by atoms with Crippen molar-refractivity contribution in [2.45, 2.75) is 44.2 Å². The average molecular weight is 342 g/mol. The number of benzene rings is 1. The Morgan fingerprint density at radius 3 is 2.72 bits per heavy atom. The van der Waals surface area contributed by atoms with Crippen LogP contribution in [0.15, 0.2) is 42.6 Å². The molecule has 6 heteroatoms. The monoisotopic (exact) mass is 342 g/mol. The molecule has 1 unspecified atom stereocenters. The molecule has 1 fully saturated rings. The Balaban J connectivity index is 1.56. The Bertz CT molecular complexity index is 665. The quantitative estimate of drug-likeness (QED) is 0.689. The molecule has 2 aromatic rings. The van der Waals surface area contributed by atoms with Crippen molar-refractivity contribution in [1.29, 1.82) is 0 Å². The fraction of sp³-hybridized carbons (Fsp3) is 0.474. The van der Waals surface area contributed by atoms with Crippen LogP contribution in [0.4, 0.5) is 5.82 Å². The van der Waals surface area contributed by atoms with E-state index in [0.29, 0.717) is 12.5 Å². The van der Waals surface area contributed by atoms with Crippen LogP contribution in [0.3, 0.4) is 0 Å². The molecule has 1 aliphatic rings. The van der Waals surface area contributed by atoms with E-state index in [4.69, 9.17) is 0 Å². The minimum absolute atomic E-state index is 0.0447. The first-order chi connectivity index (χ1) is 12.3. The lowest BCUT2D eigenvalue weighted by Crippen LogP contribution is -2.32. The van der Waals surface area contributed by atoms with Crippen LogP contribution in [0.2, 0.25) is 0 Å². The largest absolute Gasteiger partial charge is 0.396 e. The molecule has 1 aliphatic carbocycles. The number of anilines is 1. The third-order valence-electron chi connectivity index (χ3n) is 4.74. The number of amides is 1. The van der Waals surface area contributed by atoms with Crippen molar-refractivity contribution in [2.24, 2.45) is 0 Å². The number of carbonyl (C=O) groups is 1. The van der Waals surface area contributed by atoms with Crippen LogP contribution in [-0.2, 0) is 4.79 Å². The second-order valence-electron chi connectivity index (χ2n) is 6.50. The summed E-state index contributed by atoms with van der Waals surface area (Å²) in [5.74, 6) is 0.663. The molecule has 134 valence electrons. The molecule has 1 aromatic carbocycles. The SMILES string of the molecule is O=C(CNC(CCO)c1ccccc1)Nc1ccnn1C1CCCC1. The molecule has 0 spiro atoms. The van der Waals surface area contributed by atoms with E-state index in [1.165, 1.54) is 12.8 Å². The second-order valence-corrected chi connectivity index (χ2v) is 6.50. The van der Waals surface area contributed by atoms with E-state index in [-0.39, 0.29) is 25.1 Å². The Morgan fingerprint density at radius 2 is 2.00 bits per heavy atom. The lowest BCUT2D eigenvalue weighted by atomic mass is 10.0. The topological polar surface area (TPSA) is 79.2 Å². The van der Waals surface area contributed by atoms with Gasteiger partial charge in [0.1, 0.15) is 5.82 Å². The Morgan fingerprint density at radius 1 is 1.24 bits per heavy atom. The number of hydrogen-bond donors (Lipinski definition) is 3. The van der Waals surface area contributed by atoms with Crippen LogP contribution in [0, 0.1) is 0 Å². The van der Waals surface area contributed by atoms with Crippen LogP contribution < -0.4 is 10.6 Å². The van der Waals surface area contributed by atoms with Crippen LogP contribution in [0.1, 0.15) is 49.8 Å². The summed E-state index contributed by atoms with van der Waals surface area (Å²) < 4.78 is 1.94. The number of rotatable bonds is 8. The van der Waals surface area contributed by atoms with E-state index >= 15 is 0 Å². The van der Waals surface area contributed by atoms with E-state index in [9.17, 15) is 9.90 Å². The number of hydrogen-bond acceptors (Lipinski definition) is 4. The van der Waals surface area contributed by atoms with E-state index in [1.807, 2.05) is 41.1 Å². The highest BCUT2D eigenvalue weighted by atomic mass is 16.3. The number of nitrogens with zero attached hydrogens (tertiary/aromatic N) is 2. The van der Waals surface area contributed by atoms with E-state index in [2.05, 4.69) is 15.7 Å². The smallest absolute Gasteiger partial charge is 0.239 e. The van der Waals surface area contributed by atoms with Crippen LogP contribution in [0.5, 0.6) is 0 Å². The Labute approximate surface area is 148 Å². The van der Waals surface area contributed by atoms with Gasteiger partial charge in [-0.25, -0.2) is 4.68 Å². The first kappa shape index (κ1) is 17.6. The molecule has 6 nitrogen and oxygen atoms in total. The number of aromatic nitrogens is 2. The van der Waals surface area contributed by atoms with Crippen LogP contribution >= 0.6 is 0 Å². The minimum atomic E-state index is -0.0985. The zero-order valence-corrected chi connectivity index (χ0v) is 14.4. The van der Waals surface area contributed by atoms with Crippen LogP contribution in [0.25, 0.3) is 0 Å². The van der Waals surface area contributed by atoms with Crippen molar-refractivity contribution in [3.63, 3.8) is 0 Å². The summed E-state index contributed by atoms with van der Waals surface area (Å²) >= 11 is 0. The predicted octanol–water partition coefficient (Wildman–Crippen LogP) is 2.65. The summed E-state index contributed by atoms with van der Waals surface area (Å²) in [4.78, 5) is 12.3. The fourth-order valence-corrected chi connectivity index (χ4v) is 3.46. The Kier molecular flexibility index (Phi) is 6.19. The standard InChI is InChI=1S/C19H26N4O2/c24-13-11-17(15-6-2-1-3-7-15)20-14-19(25)22-18-10-12-21-23(18)16-8-4-5-9-16/h1-3,6-7,10,12,16-17,20,24H,4-5,8-9,11,13-14H2,(H,22,25). The van der Waals surface area contributed by atoms with Gasteiger partial charge in [-0.2, -0.15) is 5.10 Å². The zero-order valence-electron chi connectivity index (χ0n) is 14.4. The molecule has 0 saturated heterocycles. The highest BCUT2D eigenvalue weighted by Crippen LogP contribution is 2.31. The van der Waals surface area contributed by atoms with Gasteiger partial charge in [0.05, 0.1) is 18.8 Å². The maximum Gasteiger partial charge on any atom is 0.239 e. The zero-order chi connectivity index (χ0) is 17.5. The second kappa shape index (κ2) is 8.78. The lowest BCUT2D eigenvalue weighted by molar-refractivity contribution is -0.115. The van der Waals surface area contributed by atoms with Gasteiger partial charge < -0.3 is 15.7 Å². The van der Waals surface area contributed by atoms with Gasteiger partial charge in [0.15, 0.2) is 0 Å². The van der Waals surface area contributed by atoms with Gasteiger partial charge in [-0.1, -0.05) is 43.2 Å². The van der Waals surface area contributed by atoms with Crippen molar-refractivity contribution in [1.82, 2.24) is 15.1 Å². The molecule has 0 radical (unpaired) electrons. The molecule has 1 atom stereocenters. The van der Waals surface area contributed by atoms with Gasteiger partial charge in [0, 0.05) is 18.7 Å². The summed E-state index contributed by atoms with van der Waals surface area (Å²) in [6, 6.07) is 12.1. The molecule has 1 aromatic heterocycles. The number of aliphatic hydroxyl groups is 1. The normalized spacial score (nSPS) is 16.0. The summed E-state index contributed by atoms with van der Waals surface area (Å²) in [7, 11) is 0. The van der Waals surface area contributed by atoms with E-state index in [1.54, 1.807) is 6.20 Å². The van der Waals surface area contributed by atoms with E-state index < -0.39 is 0 Å². The van der Waals surface area contributed by atoms with Gasteiger partial charge in [-0.3, -0.25) is 4.79 Å². The fourth-order valence-electron chi connectivity index (χ4n) is 3.46. The summed E-state index contributed by atoms with van der Waals surface area (Å²) in [6.45, 7) is 0.262. The molecular formula is C19H26N4O2. The van der Waals surface area contributed by atoms with E-state index in [0.717, 1.165) is 24.2 Å². The van der Waals surface area contributed by atoms with Crippen molar-refractivity contribution < 1.29 is 9.90 Å². The summed E-state index contributed by atoms with van der Waals surface area (Å²) in [5.41, 5.74) is 1.07. The minimum Gasteiger partial charge on any atom is -0.396 e. The highest BCUT2D eigenvalue weighted by molar-refractivity contribution is 5.91. The van der Waals surface area contributed by atoms with Crippen molar-refractivity contribution in [3.05, 3.63) is 48.2 Å². The lowest BCUT2D eigenvalue weighted by Gasteiger charge is -2.19. The van der Waals surface area contributed by atoms with Crippen molar-refractivity contribution in [3.8, 4) is 0 Å². The number of nitrogens with one attached hydrogen (secondary N) is 2. The van der Waals surface area contributed by atoms with Crippen LogP contribution in [-0.4, -0.2) is 33.9 Å². The predicted molar refractivity (Wildman–Crippen MR) is 97.3 cm³/mol. The summed E-state index contributed by atoms with van der Waals surface area (Å²) in [6.07, 6.45) is 6.99. The average Bonchev–Trinajstić information content (AvgIpc) is 3.30. The summed E-state index contributed by atoms with van der Waals surface area (Å²) in [5, 5.41) is 19.8.